The van der Waals surface area contributed by atoms with Crippen molar-refractivity contribution in [3.05, 3.63) is 116 Å². The number of aryl methyl sites for hydroxylation is 2. The summed E-state index contributed by atoms with van der Waals surface area (Å²) in [5, 5.41) is 32.4. The first-order valence-corrected chi connectivity index (χ1v) is 20.5. The number of aromatic hydroxyl groups is 2. The smallest absolute Gasteiger partial charge is 0.417 e. The van der Waals surface area contributed by atoms with Gasteiger partial charge >= 0.3 is 11.8 Å². The molecule has 0 saturated carbocycles. The van der Waals surface area contributed by atoms with E-state index in [9.17, 15) is 39.0 Å². The number of hydrogen-bond acceptors (Lipinski definition) is 11. The highest BCUT2D eigenvalue weighted by Crippen LogP contribution is 2.38. The average Bonchev–Trinajstić information content (AvgIpc) is 3.79. The predicted molar refractivity (Wildman–Crippen MR) is 226 cm³/mol. The van der Waals surface area contributed by atoms with Crippen molar-refractivity contribution in [3.8, 4) is 34.3 Å². The van der Waals surface area contributed by atoms with Crippen molar-refractivity contribution < 1.29 is 43.3 Å². The highest BCUT2D eigenvalue weighted by atomic mass is 19.1. The number of benzene rings is 4. The minimum atomic E-state index is -0.808. The van der Waals surface area contributed by atoms with Crippen molar-refractivity contribution in [3.63, 3.8) is 0 Å². The third-order valence-corrected chi connectivity index (χ3v) is 11.7. The van der Waals surface area contributed by atoms with Gasteiger partial charge < -0.3 is 24.7 Å². The number of phenols is 2. The van der Waals surface area contributed by atoms with Crippen LogP contribution in [-0.4, -0.2) is 102 Å². The molecule has 4 aromatic carbocycles. The zero-order chi connectivity index (χ0) is 44.9. The third kappa shape index (κ3) is 8.24. The Morgan fingerprint density at radius 2 is 1.67 bits per heavy atom. The van der Waals surface area contributed by atoms with Crippen molar-refractivity contribution in [1.82, 2.24) is 34.8 Å². The van der Waals surface area contributed by atoms with Crippen LogP contribution in [0.3, 0.4) is 0 Å². The molecule has 18 heteroatoms. The summed E-state index contributed by atoms with van der Waals surface area (Å²) in [6.45, 7) is 9.21. The summed E-state index contributed by atoms with van der Waals surface area (Å²) in [6.07, 6.45) is -0.481. The standard InChI is InChI=1S/C45H45FN8O9/c1-23(2)30-19-31(37(56)20-36(30)55)40-49-50-44(61)54(40)28-9-8-26(33(46)18-28)21-51-12-14-52(15-13-51)42(59)27-16-24(3)39(25(4)17-27)63-45(62)47-34-7-5-6-29-32(34)22-53(43(29)60)35-10-11-38(57)48-41(35)58/h5-9,16-20,23,35,55-56H,10-15,21-22H2,1-4H3,(H,47,62)(H,50,61)(H,48,57,58). The van der Waals surface area contributed by atoms with E-state index in [1.807, 2.05) is 18.7 Å². The second-order valence-corrected chi connectivity index (χ2v) is 16.3. The number of carbonyl (C=O) groups is 5. The number of ether oxygens (including phenoxy) is 1. The average molecular weight is 861 g/mol. The first-order chi connectivity index (χ1) is 30.1. The van der Waals surface area contributed by atoms with E-state index in [1.165, 1.54) is 17.0 Å². The summed E-state index contributed by atoms with van der Waals surface area (Å²) >= 11 is 0. The van der Waals surface area contributed by atoms with Gasteiger partial charge in [0.2, 0.25) is 11.8 Å². The number of aromatic amines is 1. The van der Waals surface area contributed by atoms with E-state index in [0.29, 0.717) is 70.8 Å². The summed E-state index contributed by atoms with van der Waals surface area (Å²) in [7, 11) is 0. The monoisotopic (exact) mass is 860 g/mol. The first-order valence-electron chi connectivity index (χ1n) is 20.5. The number of carbonyl (C=O) groups excluding carboxylic acids is 5. The maximum Gasteiger partial charge on any atom is 0.417 e. The Bertz CT molecular complexity index is 2750. The van der Waals surface area contributed by atoms with Gasteiger partial charge in [-0.2, -0.15) is 5.10 Å². The van der Waals surface area contributed by atoms with Crippen LogP contribution in [0, 0.1) is 19.7 Å². The minimum Gasteiger partial charge on any atom is -0.508 e. The number of fused-ring (bicyclic) bond motifs is 1. The lowest BCUT2D eigenvalue weighted by atomic mass is 9.98. The van der Waals surface area contributed by atoms with Gasteiger partial charge in [0.15, 0.2) is 5.82 Å². The number of halogens is 1. The number of rotatable bonds is 9. The molecule has 2 fully saturated rings. The van der Waals surface area contributed by atoms with Crippen LogP contribution < -0.4 is 21.1 Å². The number of piperazine rings is 1. The van der Waals surface area contributed by atoms with Crippen LogP contribution in [0.1, 0.15) is 81.1 Å². The quantitative estimate of drug-likeness (QED) is 0.126. The molecule has 0 aliphatic carbocycles. The molecular weight excluding hydrogens is 816 g/mol. The van der Waals surface area contributed by atoms with Gasteiger partial charge in [0.05, 0.1) is 11.3 Å². The second-order valence-electron chi connectivity index (χ2n) is 16.3. The number of anilines is 1. The fraction of sp³-hybridized carbons (Fsp3) is 0.311. The lowest BCUT2D eigenvalue weighted by Crippen LogP contribution is -2.52. The number of nitrogens with zero attached hydrogens (tertiary/aromatic N) is 5. The maximum atomic E-state index is 15.7. The second kappa shape index (κ2) is 16.8. The van der Waals surface area contributed by atoms with Crippen LogP contribution in [0.15, 0.2) is 65.5 Å². The van der Waals surface area contributed by atoms with Gasteiger partial charge in [0.1, 0.15) is 29.1 Å². The number of amides is 5. The van der Waals surface area contributed by atoms with Crippen molar-refractivity contribution in [1.29, 1.82) is 0 Å². The van der Waals surface area contributed by atoms with Crippen molar-refractivity contribution in [2.45, 2.75) is 65.6 Å². The van der Waals surface area contributed by atoms with Gasteiger partial charge in [0, 0.05) is 79.7 Å². The zero-order valence-corrected chi connectivity index (χ0v) is 35.0. The highest BCUT2D eigenvalue weighted by Gasteiger charge is 2.40. The lowest BCUT2D eigenvalue weighted by molar-refractivity contribution is -0.136. The topological polar surface area (TPSA) is 220 Å². The molecule has 5 aromatic rings. The molecule has 2 saturated heterocycles. The molecule has 1 aromatic heterocycles. The Balaban J connectivity index is 0.879. The number of hydrogen-bond donors (Lipinski definition) is 5. The third-order valence-electron chi connectivity index (χ3n) is 11.7. The van der Waals surface area contributed by atoms with Crippen molar-refractivity contribution >= 4 is 35.4 Å². The van der Waals surface area contributed by atoms with Gasteiger partial charge in [-0.3, -0.25) is 34.7 Å². The molecule has 0 spiro atoms. The van der Waals surface area contributed by atoms with E-state index < -0.39 is 29.5 Å². The SMILES string of the molecule is Cc1cc(C(=O)N2CCN(Cc3ccc(-n4c(-c5cc(C(C)C)c(O)cc5O)n[nH]c4=O)cc3F)CC2)cc(C)c1OC(=O)Nc1cccc2c1CN(C1CCC(=O)NC1=O)C2=O. The molecule has 3 aliphatic heterocycles. The predicted octanol–water partition coefficient (Wildman–Crippen LogP) is 4.85. The van der Waals surface area contributed by atoms with Gasteiger partial charge in [-0.05, 0) is 85.3 Å². The molecule has 1 unspecified atom stereocenters. The van der Waals surface area contributed by atoms with E-state index in [-0.39, 0.29) is 83.9 Å². The van der Waals surface area contributed by atoms with Crippen LogP contribution in [0.5, 0.6) is 17.2 Å². The van der Waals surface area contributed by atoms with Crippen LogP contribution in [-0.2, 0) is 22.7 Å². The maximum absolute atomic E-state index is 15.7. The Morgan fingerprint density at radius 1 is 0.937 bits per heavy atom. The fourth-order valence-electron chi connectivity index (χ4n) is 8.45. The van der Waals surface area contributed by atoms with Crippen molar-refractivity contribution in [2.75, 3.05) is 31.5 Å². The van der Waals surface area contributed by atoms with Gasteiger partial charge in [0.25, 0.3) is 11.8 Å². The summed E-state index contributed by atoms with van der Waals surface area (Å²) in [5.74, 6) is -2.21. The molecule has 8 rings (SSSR count). The Labute approximate surface area is 360 Å². The number of piperidine rings is 1. The molecule has 63 heavy (non-hydrogen) atoms. The summed E-state index contributed by atoms with van der Waals surface area (Å²) in [4.78, 5) is 82.3. The number of H-pyrrole nitrogens is 1. The Hall–Kier alpha value is -7.34. The summed E-state index contributed by atoms with van der Waals surface area (Å²) in [5.41, 5.74) is 3.39. The molecular formula is C45H45FN8O9. The van der Waals surface area contributed by atoms with Gasteiger partial charge in [-0.15, -0.1) is 0 Å². The minimum absolute atomic E-state index is 0.0543. The Morgan fingerprint density at radius 3 is 2.35 bits per heavy atom. The van der Waals surface area contributed by atoms with Crippen LogP contribution in [0.2, 0.25) is 0 Å². The molecule has 5 amide bonds. The first kappa shape index (κ1) is 42.4. The highest BCUT2D eigenvalue weighted by molar-refractivity contribution is 6.06. The molecule has 5 N–H and O–H groups in total. The van der Waals surface area contributed by atoms with Crippen LogP contribution >= 0.6 is 0 Å². The molecule has 0 radical (unpaired) electrons. The van der Waals surface area contributed by atoms with Crippen molar-refractivity contribution in [2.24, 2.45) is 0 Å². The Kier molecular flexibility index (Phi) is 11.3. The fourth-order valence-corrected chi connectivity index (χ4v) is 8.45. The van der Waals surface area contributed by atoms with E-state index in [1.54, 1.807) is 67.3 Å². The number of phenolic OH excluding ortho intramolecular Hbond substituents is 2. The zero-order valence-electron chi connectivity index (χ0n) is 35.0. The van der Waals surface area contributed by atoms with Gasteiger partial charge in [-0.1, -0.05) is 26.0 Å². The summed E-state index contributed by atoms with van der Waals surface area (Å²) < 4.78 is 22.6. The summed E-state index contributed by atoms with van der Waals surface area (Å²) in [6, 6.07) is 14.5. The lowest BCUT2D eigenvalue weighted by Gasteiger charge is -2.35. The largest absolute Gasteiger partial charge is 0.508 e. The van der Waals surface area contributed by atoms with E-state index in [4.69, 9.17) is 4.74 Å². The van der Waals surface area contributed by atoms with E-state index in [0.717, 1.165) is 4.57 Å². The number of imide groups is 1. The van der Waals surface area contributed by atoms with E-state index in [2.05, 4.69) is 20.8 Å². The molecule has 17 nitrogen and oxygen atoms in total. The molecule has 1 atom stereocenters. The molecule has 0 bridgehead atoms. The van der Waals surface area contributed by atoms with E-state index >= 15 is 4.39 Å². The normalized spacial score (nSPS) is 16.7. The molecule has 326 valence electrons. The van der Waals surface area contributed by atoms with Crippen LogP contribution in [0.4, 0.5) is 14.9 Å². The van der Waals surface area contributed by atoms with Crippen LogP contribution in [0.25, 0.3) is 17.1 Å². The molecule has 4 heterocycles. The van der Waals surface area contributed by atoms with Gasteiger partial charge in [-0.25, -0.2) is 23.6 Å². The molecule has 3 aliphatic rings. The number of nitrogens with one attached hydrogen (secondary N) is 3. The number of aromatic nitrogens is 3.